The van der Waals surface area contributed by atoms with Crippen molar-refractivity contribution in [1.29, 1.82) is 0 Å². The number of halogens is 1. The number of nitrogens with zero attached hydrogens (tertiary/aromatic N) is 1. The van der Waals surface area contributed by atoms with Crippen LogP contribution in [0.3, 0.4) is 0 Å². The van der Waals surface area contributed by atoms with E-state index < -0.39 is 0 Å². The van der Waals surface area contributed by atoms with Crippen molar-refractivity contribution in [3.63, 3.8) is 0 Å². The van der Waals surface area contributed by atoms with E-state index in [0.29, 0.717) is 0 Å². The van der Waals surface area contributed by atoms with E-state index in [4.69, 9.17) is 4.74 Å². The summed E-state index contributed by atoms with van der Waals surface area (Å²) in [5, 5.41) is 3.41. The number of hydrogen-bond acceptors (Lipinski definition) is 3. The summed E-state index contributed by atoms with van der Waals surface area (Å²) in [6.45, 7) is 4.36. The van der Waals surface area contributed by atoms with Crippen molar-refractivity contribution in [2.45, 2.75) is 6.42 Å². The number of benzene rings is 1. The second-order valence-electron chi connectivity index (χ2n) is 3.91. The van der Waals surface area contributed by atoms with E-state index >= 15 is 0 Å². The highest BCUT2D eigenvalue weighted by molar-refractivity contribution is 9.10. The summed E-state index contributed by atoms with van der Waals surface area (Å²) >= 11 is 3.53. The van der Waals surface area contributed by atoms with E-state index in [-0.39, 0.29) is 0 Å². The van der Waals surface area contributed by atoms with Crippen LogP contribution in [0.25, 0.3) is 0 Å². The maximum atomic E-state index is 5.23. The molecule has 0 aliphatic carbocycles. The van der Waals surface area contributed by atoms with Gasteiger partial charge in [0.2, 0.25) is 0 Å². The molecule has 3 nitrogen and oxygen atoms in total. The van der Waals surface area contributed by atoms with Crippen LogP contribution in [-0.2, 0) is 0 Å². The molecule has 0 saturated carbocycles. The third kappa shape index (κ3) is 2.68. The Kier molecular flexibility index (Phi) is 4.07. The van der Waals surface area contributed by atoms with Crippen LogP contribution in [0.2, 0.25) is 0 Å². The maximum Gasteiger partial charge on any atom is 0.133 e. The Balaban J connectivity index is 2.16. The van der Waals surface area contributed by atoms with Crippen molar-refractivity contribution >= 4 is 21.6 Å². The minimum atomic E-state index is 0.886. The topological polar surface area (TPSA) is 24.5 Å². The molecule has 1 fully saturated rings. The fourth-order valence-electron chi connectivity index (χ4n) is 1.96. The molecule has 0 radical (unpaired) electrons. The summed E-state index contributed by atoms with van der Waals surface area (Å²) in [7, 11) is 1.69. The fraction of sp³-hybridized carbons (Fsp3) is 0.500. The minimum absolute atomic E-state index is 0.886. The van der Waals surface area contributed by atoms with Crippen LogP contribution in [0, 0.1) is 0 Å². The Morgan fingerprint density at radius 3 is 2.94 bits per heavy atom. The number of anilines is 1. The number of nitrogens with one attached hydrogen (secondary N) is 1. The van der Waals surface area contributed by atoms with Crippen molar-refractivity contribution in [1.82, 2.24) is 5.32 Å². The molecule has 2 rings (SSSR count). The first-order valence-corrected chi connectivity index (χ1v) is 6.40. The van der Waals surface area contributed by atoms with Gasteiger partial charge in [0.15, 0.2) is 0 Å². The van der Waals surface area contributed by atoms with Gasteiger partial charge < -0.3 is 15.0 Å². The van der Waals surface area contributed by atoms with Crippen molar-refractivity contribution in [3.8, 4) is 5.75 Å². The summed E-state index contributed by atoms with van der Waals surface area (Å²) in [5.41, 5.74) is 1.26. The second-order valence-corrected chi connectivity index (χ2v) is 4.76. The second kappa shape index (κ2) is 5.55. The first kappa shape index (κ1) is 11.7. The van der Waals surface area contributed by atoms with Crippen LogP contribution in [0.15, 0.2) is 22.7 Å². The molecular weight excluding hydrogens is 268 g/mol. The maximum absolute atomic E-state index is 5.23. The van der Waals surface area contributed by atoms with Gasteiger partial charge in [-0.1, -0.05) is 0 Å². The number of ether oxygens (including phenoxy) is 1. The highest BCUT2D eigenvalue weighted by Crippen LogP contribution is 2.29. The average Bonchev–Trinajstić information content (AvgIpc) is 2.57. The van der Waals surface area contributed by atoms with Crippen molar-refractivity contribution in [2.75, 3.05) is 38.2 Å². The summed E-state index contributed by atoms with van der Waals surface area (Å²) in [4.78, 5) is 2.41. The summed E-state index contributed by atoms with van der Waals surface area (Å²) in [6.07, 6.45) is 1.20. The first-order valence-electron chi connectivity index (χ1n) is 5.60. The van der Waals surface area contributed by atoms with Crippen LogP contribution in [0.1, 0.15) is 6.42 Å². The van der Waals surface area contributed by atoms with Crippen molar-refractivity contribution in [3.05, 3.63) is 22.7 Å². The largest absolute Gasteiger partial charge is 0.496 e. The minimum Gasteiger partial charge on any atom is -0.496 e. The number of rotatable bonds is 2. The van der Waals surface area contributed by atoms with Crippen LogP contribution in [0.5, 0.6) is 5.75 Å². The Hall–Kier alpha value is -0.740. The zero-order chi connectivity index (χ0) is 11.4. The van der Waals surface area contributed by atoms with E-state index in [1.54, 1.807) is 7.11 Å². The van der Waals surface area contributed by atoms with Gasteiger partial charge >= 0.3 is 0 Å². The Bertz CT molecular complexity index is 349. The predicted molar refractivity (Wildman–Crippen MR) is 70.4 cm³/mol. The van der Waals surface area contributed by atoms with E-state index in [0.717, 1.165) is 36.4 Å². The monoisotopic (exact) mass is 284 g/mol. The van der Waals surface area contributed by atoms with E-state index in [1.807, 2.05) is 6.07 Å². The van der Waals surface area contributed by atoms with Gasteiger partial charge in [0, 0.05) is 25.3 Å². The molecule has 1 heterocycles. The molecular formula is C12H17BrN2O. The van der Waals surface area contributed by atoms with Gasteiger partial charge in [-0.15, -0.1) is 0 Å². The molecule has 16 heavy (non-hydrogen) atoms. The molecule has 1 aromatic rings. The van der Waals surface area contributed by atoms with Crippen LogP contribution < -0.4 is 15.0 Å². The molecule has 1 aliphatic rings. The fourth-order valence-corrected chi connectivity index (χ4v) is 2.48. The lowest BCUT2D eigenvalue weighted by atomic mass is 10.2. The standard InChI is InChI=1S/C12H17BrN2O/c1-16-12-4-3-10(9-11(12)13)15-7-2-5-14-6-8-15/h3-4,9,14H,2,5-8H2,1H3. The Morgan fingerprint density at radius 2 is 2.19 bits per heavy atom. The molecule has 1 aliphatic heterocycles. The average molecular weight is 285 g/mol. The molecule has 1 aromatic carbocycles. The molecule has 0 bridgehead atoms. The highest BCUT2D eigenvalue weighted by atomic mass is 79.9. The highest BCUT2D eigenvalue weighted by Gasteiger charge is 2.10. The number of methoxy groups -OCH3 is 1. The van der Waals surface area contributed by atoms with Crippen LogP contribution in [0.4, 0.5) is 5.69 Å². The Labute approximate surface area is 105 Å². The van der Waals surface area contributed by atoms with Crippen molar-refractivity contribution in [2.24, 2.45) is 0 Å². The molecule has 0 aromatic heterocycles. The third-order valence-corrected chi connectivity index (χ3v) is 3.46. The van der Waals surface area contributed by atoms with E-state index in [9.17, 15) is 0 Å². The predicted octanol–water partition coefficient (Wildman–Crippen LogP) is 2.26. The van der Waals surface area contributed by atoms with Crippen LogP contribution in [-0.4, -0.2) is 33.3 Å². The number of hydrogen-bond donors (Lipinski definition) is 1. The molecule has 0 spiro atoms. The van der Waals surface area contributed by atoms with Gasteiger partial charge in [0.1, 0.15) is 5.75 Å². The first-order chi connectivity index (χ1) is 7.81. The lowest BCUT2D eigenvalue weighted by molar-refractivity contribution is 0.412. The summed E-state index contributed by atoms with van der Waals surface area (Å²) in [5.74, 6) is 0.886. The molecule has 4 heteroatoms. The van der Waals surface area contributed by atoms with Gasteiger partial charge in [-0.2, -0.15) is 0 Å². The molecule has 0 unspecified atom stereocenters. The zero-order valence-electron chi connectivity index (χ0n) is 9.50. The molecule has 0 atom stereocenters. The lowest BCUT2D eigenvalue weighted by Crippen LogP contribution is -2.27. The lowest BCUT2D eigenvalue weighted by Gasteiger charge is -2.22. The van der Waals surface area contributed by atoms with Gasteiger partial charge in [-0.3, -0.25) is 0 Å². The molecule has 1 N–H and O–H groups in total. The molecule has 1 saturated heterocycles. The van der Waals surface area contributed by atoms with Gasteiger partial charge in [-0.05, 0) is 47.1 Å². The van der Waals surface area contributed by atoms with Crippen LogP contribution >= 0.6 is 15.9 Å². The zero-order valence-corrected chi connectivity index (χ0v) is 11.1. The quantitative estimate of drug-likeness (QED) is 0.902. The van der Waals surface area contributed by atoms with E-state index in [1.165, 1.54) is 12.1 Å². The normalized spacial score (nSPS) is 17.0. The Morgan fingerprint density at radius 1 is 1.31 bits per heavy atom. The summed E-state index contributed by atoms with van der Waals surface area (Å²) in [6, 6.07) is 6.26. The van der Waals surface area contributed by atoms with Gasteiger partial charge in [0.05, 0.1) is 11.6 Å². The SMILES string of the molecule is COc1ccc(N2CCCNCC2)cc1Br. The third-order valence-electron chi connectivity index (χ3n) is 2.84. The van der Waals surface area contributed by atoms with Gasteiger partial charge in [0.25, 0.3) is 0 Å². The molecule has 0 amide bonds. The molecule has 88 valence electrons. The van der Waals surface area contributed by atoms with Crippen molar-refractivity contribution < 1.29 is 4.74 Å². The van der Waals surface area contributed by atoms with Gasteiger partial charge in [-0.25, -0.2) is 0 Å². The summed E-state index contributed by atoms with van der Waals surface area (Å²) < 4.78 is 6.25. The smallest absolute Gasteiger partial charge is 0.133 e. The van der Waals surface area contributed by atoms with E-state index in [2.05, 4.69) is 38.3 Å².